The van der Waals surface area contributed by atoms with Gasteiger partial charge in [0.25, 0.3) is 0 Å². The van der Waals surface area contributed by atoms with E-state index >= 15 is 0 Å². The quantitative estimate of drug-likeness (QED) is 0.180. The fraction of sp³-hybridized carbons (Fsp3) is 0.0588. The zero-order chi connectivity index (χ0) is 36.0. The van der Waals surface area contributed by atoms with Crippen LogP contribution in [0.5, 0.6) is 0 Å². The fourth-order valence-electron chi connectivity index (χ4n) is 8.83. The smallest absolute Gasteiger partial charge is 0.144 e. The zero-order valence-electron chi connectivity index (χ0n) is 30.0. The molecule has 0 saturated carbocycles. The van der Waals surface area contributed by atoms with E-state index in [0.717, 1.165) is 72.1 Å². The van der Waals surface area contributed by atoms with Crippen LogP contribution < -0.4 is 4.90 Å². The van der Waals surface area contributed by atoms with E-state index in [1.54, 1.807) is 0 Å². The largest absolute Gasteiger partial charge is 0.456 e. The van der Waals surface area contributed by atoms with Crippen molar-refractivity contribution in [3.05, 3.63) is 187 Å². The number of para-hydroxylation sites is 1. The molecule has 54 heavy (non-hydrogen) atoms. The number of rotatable bonds is 5. The van der Waals surface area contributed by atoms with Gasteiger partial charge >= 0.3 is 0 Å². The van der Waals surface area contributed by atoms with E-state index < -0.39 is 0 Å². The Morgan fingerprint density at radius 3 is 1.83 bits per heavy atom. The van der Waals surface area contributed by atoms with Crippen LogP contribution in [0, 0.1) is 0 Å². The number of hydrogen-bond donors (Lipinski definition) is 0. The third kappa shape index (κ3) is 4.55. The third-order valence-electron chi connectivity index (χ3n) is 11.5. The maximum atomic E-state index is 6.84. The second kappa shape index (κ2) is 11.6. The van der Waals surface area contributed by atoms with E-state index in [1.165, 1.54) is 33.4 Å². The molecule has 10 aromatic rings. The van der Waals surface area contributed by atoms with Crippen LogP contribution >= 0.6 is 0 Å². The Balaban J connectivity index is 1.14. The Bertz CT molecular complexity index is 3060. The number of hydrogen-bond acceptors (Lipinski definition) is 3. The van der Waals surface area contributed by atoms with E-state index in [1.807, 2.05) is 12.1 Å². The summed E-state index contributed by atoms with van der Waals surface area (Å²) in [4.78, 5) is 2.38. The molecule has 1 aliphatic rings. The van der Waals surface area contributed by atoms with Gasteiger partial charge in [-0.3, -0.25) is 0 Å². The SMILES string of the molecule is CC1(C)c2ccccc2-c2ccc(N(c3ccc(-c4ccccc4)cc3)c3ccc4oc5c(-c6ccccc6)c6c(cc5c4c3)oc3ccccc36)cc21. The highest BCUT2D eigenvalue weighted by atomic mass is 16.3. The average molecular weight is 694 g/mol. The number of fused-ring (bicyclic) bond motifs is 9. The van der Waals surface area contributed by atoms with Gasteiger partial charge in [-0.05, 0) is 93.5 Å². The molecule has 11 rings (SSSR count). The lowest BCUT2D eigenvalue weighted by atomic mass is 9.82. The fourth-order valence-corrected chi connectivity index (χ4v) is 8.83. The molecule has 0 fully saturated rings. The van der Waals surface area contributed by atoms with Gasteiger partial charge in [0.1, 0.15) is 22.3 Å². The maximum Gasteiger partial charge on any atom is 0.144 e. The van der Waals surface area contributed by atoms with Crippen molar-refractivity contribution in [2.24, 2.45) is 0 Å². The molecule has 0 N–H and O–H groups in total. The van der Waals surface area contributed by atoms with Crippen molar-refractivity contribution in [3.63, 3.8) is 0 Å². The lowest BCUT2D eigenvalue weighted by molar-refractivity contribution is 0.660. The van der Waals surface area contributed by atoms with Crippen LogP contribution in [0.25, 0.3) is 77.3 Å². The van der Waals surface area contributed by atoms with Gasteiger partial charge in [0.05, 0.1) is 0 Å². The van der Waals surface area contributed by atoms with Crippen molar-refractivity contribution in [1.29, 1.82) is 0 Å². The molecule has 0 spiro atoms. The summed E-state index contributed by atoms with van der Waals surface area (Å²) in [5.74, 6) is 0. The molecule has 256 valence electrons. The highest BCUT2D eigenvalue weighted by Gasteiger charge is 2.35. The number of benzene rings is 8. The summed E-state index contributed by atoms with van der Waals surface area (Å²) in [6.45, 7) is 4.68. The minimum atomic E-state index is -0.124. The van der Waals surface area contributed by atoms with Gasteiger partial charge in [-0.1, -0.05) is 135 Å². The van der Waals surface area contributed by atoms with Gasteiger partial charge in [-0.15, -0.1) is 0 Å². The topological polar surface area (TPSA) is 29.5 Å². The van der Waals surface area contributed by atoms with Crippen LogP contribution in [0.3, 0.4) is 0 Å². The van der Waals surface area contributed by atoms with E-state index in [2.05, 4.69) is 183 Å². The molecule has 1 aliphatic carbocycles. The molecule has 0 bridgehead atoms. The summed E-state index contributed by atoms with van der Waals surface area (Å²) in [5, 5.41) is 4.23. The zero-order valence-corrected chi connectivity index (χ0v) is 30.0. The second-order valence-electron chi connectivity index (χ2n) is 14.9. The minimum Gasteiger partial charge on any atom is -0.456 e. The summed E-state index contributed by atoms with van der Waals surface area (Å²) >= 11 is 0. The summed E-state index contributed by atoms with van der Waals surface area (Å²) in [7, 11) is 0. The molecule has 2 aromatic heterocycles. The monoisotopic (exact) mass is 693 g/mol. The first-order valence-electron chi connectivity index (χ1n) is 18.6. The predicted octanol–water partition coefficient (Wildman–Crippen LogP) is 14.6. The van der Waals surface area contributed by atoms with E-state index in [9.17, 15) is 0 Å². The molecule has 0 aliphatic heterocycles. The highest BCUT2D eigenvalue weighted by Crippen LogP contribution is 2.51. The van der Waals surface area contributed by atoms with Crippen molar-refractivity contribution in [2.45, 2.75) is 19.3 Å². The van der Waals surface area contributed by atoms with Gasteiger partial charge in [-0.2, -0.15) is 0 Å². The summed E-state index contributed by atoms with van der Waals surface area (Å²) in [6, 6.07) is 62.8. The third-order valence-corrected chi connectivity index (χ3v) is 11.5. The van der Waals surface area contributed by atoms with E-state index in [4.69, 9.17) is 8.83 Å². The van der Waals surface area contributed by atoms with E-state index in [-0.39, 0.29) is 5.41 Å². The molecule has 0 unspecified atom stereocenters. The Morgan fingerprint density at radius 1 is 0.407 bits per heavy atom. The molecule has 2 heterocycles. The van der Waals surface area contributed by atoms with Crippen molar-refractivity contribution >= 4 is 60.9 Å². The lowest BCUT2D eigenvalue weighted by Crippen LogP contribution is -2.16. The molecule has 0 radical (unpaired) electrons. The molecule has 0 saturated heterocycles. The average Bonchev–Trinajstić information content (AvgIpc) is 3.85. The van der Waals surface area contributed by atoms with Crippen LogP contribution in [0.15, 0.2) is 185 Å². The van der Waals surface area contributed by atoms with Crippen LogP contribution in [0.2, 0.25) is 0 Å². The van der Waals surface area contributed by atoms with E-state index in [0.29, 0.717) is 0 Å². The van der Waals surface area contributed by atoms with Crippen LogP contribution in [0.1, 0.15) is 25.0 Å². The van der Waals surface area contributed by atoms with Gasteiger partial charge in [0.2, 0.25) is 0 Å². The maximum absolute atomic E-state index is 6.84. The van der Waals surface area contributed by atoms with Crippen molar-refractivity contribution in [2.75, 3.05) is 4.90 Å². The Hall–Kier alpha value is -6.84. The molecule has 3 nitrogen and oxygen atoms in total. The van der Waals surface area contributed by atoms with Crippen molar-refractivity contribution < 1.29 is 8.83 Å². The predicted molar refractivity (Wildman–Crippen MR) is 224 cm³/mol. The summed E-state index contributed by atoms with van der Waals surface area (Å²) < 4.78 is 13.4. The molecule has 8 aromatic carbocycles. The van der Waals surface area contributed by atoms with Crippen LogP contribution in [-0.4, -0.2) is 0 Å². The first-order chi connectivity index (χ1) is 26.5. The second-order valence-corrected chi connectivity index (χ2v) is 14.9. The van der Waals surface area contributed by atoms with Gasteiger partial charge in [-0.25, -0.2) is 0 Å². The normalized spacial score (nSPS) is 13.1. The first-order valence-corrected chi connectivity index (χ1v) is 18.6. The number of nitrogens with zero attached hydrogens (tertiary/aromatic N) is 1. The van der Waals surface area contributed by atoms with Crippen molar-refractivity contribution in [1.82, 2.24) is 0 Å². The van der Waals surface area contributed by atoms with Crippen molar-refractivity contribution in [3.8, 4) is 33.4 Å². The number of anilines is 3. The highest BCUT2D eigenvalue weighted by molar-refractivity contribution is 6.23. The summed E-state index contributed by atoms with van der Waals surface area (Å²) in [6.07, 6.45) is 0. The van der Waals surface area contributed by atoms with Crippen LogP contribution in [0.4, 0.5) is 17.1 Å². The van der Waals surface area contributed by atoms with Gasteiger partial charge in [0.15, 0.2) is 0 Å². The molecular weight excluding hydrogens is 659 g/mol. The van der Waals surface area contributed by atoms with Gasteiger partial charge < -0.3 is 13.7 Å². The molecular formula is C51H35NO2. The Morgan fingerprint density at radius 2 is 1.02 bits per heavy atom. The molecule has 0 amide bonds. The summed E-state index contributed by atoms with van der Waals surface area (Å²) in [5.41, 5.74) is 16.4. The molecule has 3 heteroatoms. The lowest BCUT2D eigenvalue weighted by Gasteiger charge is -2.28. The van der Waals surface area contributed by atoms with Crippen LogP contribution in [-0.2, 0) is 5.41 Å². The molecule has 0 atom stereocenters. The minimum absolute atomic E-state index is 0.124. The number of furan rings is 2. The first kappa shape index (κ1) is 30.8. The van der Waals surface area contributed by atoms with Gasteiger partial charge in [0, 0.05) is 49.6 Å². The Labute approximate surface area is 313 Å². The standard InChI is InChI=1S/C51H35NO2/c1-51(2)43-19-11-9-17-38(43)39-27-25-37(30-44(39)51)52(35-23-21-33(22-24-35)32-13-5-3-6-14-32)36-26-28-46-41(29-36)42-31-47-49(40-18-10-12-20-45(40)53-47)48(50(42)54-46)34-15-7-4-8-16-34/h3-31H,1-2H3. The Kier molecular flexibility index (Phi) is 6.60.